The Balaban J connectivity index is 2.45. The van der Waals surface area contributed by atoms with E-state index in [1.165, 1.54) is 16.7 Å². The van der Waals surface area contributed by atoms with Crippen LogP contribution in [0.2, 0.25) is 5.02 Å². The molecule has 4 nitrogen and oxygen atoms in total. The summed E-state index contributed by atoms with van der Waals surface area (Å²) in [5, 5.41) is 0.484. The summed E-state index contributed by atoms with van der Waals surface area (Å²) in [6.07, 6.45) is -2.65. The molecule has 7 heteroatoms. The molecule has 1 unspecified atom stereocenters. The number of aromatic nitrogens is 2. The second-order valence-electron chi connectivity index (χ2n) is 5.88. The number of hydrogen-bond acceptors (Lipinski definition) is 3. The first-order valence-corrected chi connectivity index (χ1v) is 8.05. The summed E-state index contributed by atoms with van der Waals surface area (Å²) in [7, 11) is 0. The molecule has 130 valence electrons. The molecule has 0 radical (unpaired) electrons. The number of fused-ring (bicyclic) bond motifs is 1. The van der Waals surface area contributed by atoms with Crippen LogP contribution in [-0.4, -0.2) is 9.55 Å². The van der Waals surface area contributed by atoms with Crippen LogP contribution in [0.4, 0.5) is 8.78 Å². The Hall–Kier alpha value is -2.31. The fraction of sp³-hybridized carbons (Fsp3) is 0.222. The lowest BCUT2D eigenvalue weighted by Gasteiger charge is -2.18. The van der Waals surface area contributed by atoms with Crippen molar-refractivity contribution in [2.75, 3.05) is 0 Å². The quantitative estimate of drug-likeness (QED) is 0.754. The highest BCUT2D eigenvalue weighted by atomic mass is 35.5. The molecule has 0 saturated heterocycles. The molecule has 2 aromatic carbocycles. The van der Waals surface area contributed by atoms with Gasteiger partial charge in [-0.1, -0.05) is 29.8 Å². The Morgan fingerprint density at radius 2 is 1.96 bits per heavy atom. The third-order valence-electron chi connectivity index (χ3n) is 4.01. The van der Waals surface area contributed by atoms with E-state index >= 15 is 0 Å². The summed E-state index contributed by atoms with van der Waals surface area (Å²) in [5.74, 6) is 0.286. The third kappa shape index (κ3) is 3.03. The molecule has 1 aromatic heterocycles. The van der Waals surface area contributed by atoms with Crippen molar-refractivity contribution >= 4 is 22.5 Å². The van der Waals surface area contributed by atoms with Crippen molar-refractivity contribution < 1.29 is 8.78 Å². The van der Waals surface area contributed by atoms with Crippen molar-refractivity contribution in [1.82, 2.24) is 9.55 Å². The fourth-order valence-corrected chi connectivity index (χ4v) is 3.00. The maximum absolute atomic E-state index is 13.1. The standard InChI is InChI=1S/C18H16ClF2N3O/c1-9-6-7-11(16(20)21)8-14(9)24-17(10(2)22)23-13-5-3-4-12(19)15(13)18(24)25/h3-8,10,16H,22H2,1-2H3. The molecule has 3 rings (SSSR count). The normalized spacial score (nSPS) is 12.8. The van der Waals surface area contributed by atoms with Crippen LogP contribution in [0.5, 0.6) is 0 Å². The van der Waals surface area contributed by atoms with Crippen molar-refractivity contribution in [3.63, 3.8) is 0 Å². The average molecular weight is 364 g/mol. The van der Waals surface area contributed by atoms with Crippen LogP contribution in [0.25, 0.3) is 16.6 Å². The van der Waals surface area contributed by atoms with Crippen molar-refractivity contribution in [3.8, 4) is 5.69 Å². The van der Waals surface area contributed by atoms with Gasteiger partial charge in [0.1, 0.15) is 5.82 Å². The Bertz CT molecular complexity index is 1020. The van der Waals surface area contributed by atoms with Crippen molar-refractivity contribution in [1.29, 1.82) is 0 Å². The van der Waals surface area contributed by atoms with E-state index < -0.39 is 18.0 Å². The molecule has 0 amide bonds. The molecule has 3 aromatic rings. The van der Waals surface area contributed by atoms with Gasteiger partial charge in [-0.05, 0) is 37.6 Å². The summed E-state index contributed by atoms with van der Waals surface area (Å²) < 4.78 is 27.5. The number of rotatable bonds is 3. The van der Waals surface area contributed by atoms with Gasteiger partial charge < -0.3 is 5.73 Å². The van der Waals surface area contributed by atoms with Gasteiger partial charge in [-0.25, -0.2) is 13.8 Å². The topological polar surface area (TPSA) is 60.9 Å². The molecule has 0 aliphatic carbocycles. The van der Waals surface area contributed by atoms with E-state index in [-0.39, 0.29) is 21.8 Å². The van der Waals surface area contributed by atoms with Crippen LogP contribution in [-0.2, 0) is 0 Å². The number of nitrogens with two attached hydrogens (primary N) is 1. The maximum atomic E-state index is 13.1. The smallest absolute Gasteiger partial charge is 0.267 e. The van der Waals surface area contributed by atoms with E-state index in [2.05, 4.69) is 4.98 Å². The predicted molar refractivity (Wildman–Crippen MR) is 94.6 cm³/mol. The molecule has 0 aliphatic rings. The Labute approximate surface area is 147 Å². The molecule has 0 bridgehead atoms. The van der Waals surface area contributed by atoms with Gasteiger partial charge in [0.15, 0.2) is 0 Å². The number of halogens is 3. The van der Waals surface area contributed by atoms with E-state index in [1.807, 2.05) is 0 Å². The van der Waals surface area contributed by atoms with Gasteiger partial charge >= 0.3 is 0 Å². The first-order valence-electron chi connectivity index (χ1n) is 7.67. The number of aryl methyl sites for hydroxylation is 1. The lowest BCUT2D eigenvalue weighted by Crippen LogP contribution is -2.28. The molecule has 0 saturated carbocycles. The van der Waals surface area contributed by atoms with Gasteiger partial charge in [0.05, 0.1) is 27.7 Å². The second-order valence-corrected chi connectivity index (χ2v) is 6.29. The highest BCUT2D eigenvalue weighted by Gasteiger charge is 2.19. The Kier molecular flexibility index (Phi) is 4.58. The molecule has 1 atom stereocenters. The fourth-order valence-electron chi connectivity index (χ4n) is 2.75. The maximum Gasteiger partial charge on any atom is 0.267 e. The van der Waals surface area contributed by atoms with Gasteiger partial charge in [-0.15, -0.1) is 0 Å². The van der Waals surface area contributed by atoms with Crippen LogP contribution in [0, 0.1) is 6.92 Å². The molecule has 2 N–H and O–H groups in total. The Morgan fingerprint density at radius 3 is 2.60 bits per heavy atom. The van der Waals surface area contributed by atoms with Crippen LogP contribution < -0.4 is 11.3 Å². The summed E-state index contributed by atoms with van der Waals surface area (Å²) in [6, 6.07) is 8.54. The summed E-state index contributed by atoms with van der Waals surface area (Å²) in [6.45, 7) is 3.42. The van der Waals surface area contributed by atoms with E-state index in [9.17, 15) is 13.6 Å². The van der Waals surface area contributed by atoms with Crippen molar-refractivity contribution in [2.45, 2.75) is 26.3 Å². The van der Waals surface area contributed by atoms with Gasteiger partial charge in [0, 0.05) is 5.56 Å². The molecule has 0 fully saturated rings. The minimum absolute atomic E-state index is 0.178. The number of hydrogen-bond donors (Lipinski definition) is 1. The highest BCUT2D eigenvalue weighted by molar-refractivity contribution is 6.35. The average Bonchev–Trinajstić information content (AvgIpc) is 2.55. The zero-order valence-corrected chi connectivity index (χ0v) is 14.4. The summed E-state index contributed by atoms with van der Waals surface area (Å²) in [5.41, 5.74) is 6.78. The van der Waals surface area contributed by atoms with E-state index in [0.717, 1.165) is 0 Å². The first-order chi connectivity index (χ1) is 11.8. The molecule has 1 heterocycles. The minimum Gasteiger partial charge on any atom is -0.322 e. The third-order valence-corrected chi connectivity index (χ3v) is 4.32. The monoisotopic (exact) mass is 363 g/mol. The number of benzene rings is 2. The molecule has 0 aliphatic heterocycles. The second kappa shape index (κ2) is 6.54. The highest BCUT2D eigenvalue weighted by Crippen LogP contribution is 2.26. The summed E-state index contributed by atoms with van der Waals surface area (Å²) in [4.78, 5) is 17.6. The minimum atomic E-state index is -2.65. The number of alkyl halides is 2. The molecular weight excluding hydrogens is 348 g/mol. The van der Waals surface area contributed by atoms with Crippen molar-refractivity contribution in [3.05, 3.63) is 68.7 Å². The van der Waals surface area contributed by atoms with E-state index in [0.29, 0.717) is 16.8 Å². The van der Waals surface area contributed by atoms with Gasteiger partial charge in [0.2, 0.25) is 0 Å². The summed E-state index contributed by atoms with van der Waals surface area (Å²) >= 11 is 6.17. The zero-order chi connectivity index (χ0) is 18.3. The van der Waals surface area contributed by atoms with E-state index in [1.54, 1.807) is 38.1 Å². The lowest BCUT2D eigenvalue weighted by atomic mass is 10.1. The number of nitrogens with zero attached hydrogens (tertiary/aromatic N) is 2. The first kappa shape index (κ1) is 17.5. The molecular formula is C18H16ClF2N3O. The Morgan fingerprint density at radius 1 is 1.24 bits per heavy atom. The van der Waals surface area contributed by atoms with Gasteiger partial charge in [-0.3, -0.25) is 9.36 Å². The van der Waals surface area contributed by atoms with Crippen LogP contribution in [0.15, 0.2) is 41.2 Å². The van der Waals surface area contributed by atoms with Gasteiger partial charge in [-0.2, -0.15) is 0 Å². The van der Waals surface area contributed by atoms with Crippen LogP contribution >= 0.6 is 11.6 Å². The molecule has 0 spiro atoms. The lowest BCUT2D eigenvalue weighted by molar-refractivity contribution is 0.151. The zero-order valence-electron chi connectivity index (χ0n) is 13.6. The van der Waals surface area contributed by atoms with Crippen molar-refractivity contribution in [2.24, 2.45) is 5.73 Å². The molecule has 25 heavy (non-hydrogen) atoms. The SMILES string of the molecule is Cc1ccc(C(F)F)cc1-n1c(C(C)N)nc2cccc(Cl)c2c1=O. The largest absolute Gasteiger partial charge is 0.322 e. The van der Waals surface area contributed by atoms with Gasteiger partial charge in [0.25, 0.3) is 12.0 Å². The van der Waals surface area contributed by atoms with E-state index in [4.69, 9.17) is 17.3 Å². The van der Waals surface area contributed by atoms with Crippen LogP contribution in [0.3, 0.4) is 0 Å². The predicted octanol–water partition coefficient (Wildman–Crippen LogP) is 4.30. The van der Waals surface area contributed by atoms with Crippen LogP contribution in [0.1, 0.15) is 36.3 Å².